The zero-order valence-electron chi connectivity index (χ0n) is 11.7. The molecule has 1 aromatic heterocycles. The van der Waals surface area contributed by atoms with Crippen molar-refractivity contribution < 1.29 is 13.2 Å². The summed E-state index contributed by atoms with van der Waals surface area (Å²) < 4.78 is 32.3. The van der Waals surface area contributed by atoms with E-state index in [0.29, 0.717) is 31.2 Å². The van der Waals surface area contributed by atoms with Crippen LogP contribution in [0, 0.1) is 6.92 Å². The molecular weight excluding hydrogens is 284 g/mol. The van der Waals surface area contributed by atoms with Crippen LogP contribution in [0.15, 0.2) is 10.3 Å². The third-order valence-corrected chi connectivity index (χ3v) is 5.46. The van der Waals surface area contributed by atoms with Gasteiger partial charge in [-0.2, -0.15) is 0 Å². The zero-order valence-corrected chi connectivity index (χ0v) is 13.3. The molecule has 19 heavy (non-hydrogen) atoms. The summed E-state index contributed by atoms with van der Waals surface area (Å²) >= 11 is 1.47. The van der Waals surface area contributed by atoms with Crippen molar-refractivity contribution in [1.29, 1.82) is 0 Å². The molecule has 0 amide bonds. The maximum atomic E-state index is 12.3. The van der Waals surface area contributed by atoms with E-state index < -0.39 is 10.0 Å². The highest BCUT2D eigenvalue weighted by Crippen LogP contribution is 2.26. The molecule has 0 saturated heterocycles. The number of hydrogen-bond acceptors (Lipinski definition) is 5. The van der Waals surface area contributed by atoms with Crippen LogP contribution in [0.3, 0.4) is 0 Å². The fraction of sp³-hybridized carbons (Fsp3) is 0.667. The largest absolute Gasteiger partial charge is 0.380 e. The summed E-state index contributed by atoms with van der Waals surface area (Å²) in [5, 5.41) is 5.04. The lowest BCUT2D eigenvalue weighted by Gasteiger charge is -2.09. The van der Waals surface area contributed by atoms with Crippen LogP contribution in [-0.2, 0) is 21.3 Å². The van der Waals surface area contributed by atoms with Crippen molar-refractivity contribution in [1.82, 2.24) is 10.0 Å². The summed E-state index contributed by atoms with van der Waals surface area (Å²) in [5.41, 5.74) is 0.793. The molecular formula is C12H22N2O3S2. The van der Waals surface area contributed by atoms with Crippen molar-refractivity contribution in [3.8, 4) is 0 Å². The van der Waals surface area contributed by atoms with E-state index in [4.69, 9.17) is 4.74 Å². The van der Waals surface area contributed by atoms with Crippen molar-refractivity contribution in [2.24, 2.45) is 0 Å². The number of nitrogens with one attached hydrogen (secondary N) is 2. The molecule has 0 aliphatic heterocycles. The van der Waals surface area contributed by atoms with Crippen molar-refractivity contribution in [3.63, 3.8) is 0 Å². The van der Waals surface area contributed by atoms with Gasteiger partial charge in [-0.15, -0.1) is 11.3 Å². The molecule has 0 spiro atoms. The van der Waals surface area contributed by atoms with Crippen LogP contribution >= 0.6 is 11.3 Å². The van der Waals surface area contributed by atoms with Crippen LogP contribution in [0.5, 0.6) is 0 Å². The van der Waals surface area contributed by atoms with Gasteiger partial charge in [-0.1, -0.05) is 6.92 Å². The Morgan fingerprint density at radius 2 is 2.11 bits per heavy atom. The Labute approximate surface area is 119 Å². The molecule has 1 aromatic rings. The summed E-state index contributed by atoms with van der Waals surface area (Å²) in [4.78, 5) is 1.26. The molecule has 0 unspecified atom stereocenters. The van der Waals surface area contributed by atoms with Gasteiger partial charge in [-0.05, 0) is 31.3 Å². The van der Waals surface area contributed by atoms with Crippen molar-refractivity contribution in [2.45, 2.75) is 32.2 Å². The first-order chi connectivity index (χ1) is 9.03. The normalized spacial score (nSPS) is 11.9. The molecule has 0 aromatic carbocycles. The molecule has 0 saturated carbocycles. The van der Waals surface area contributed by atoms with Gasteiger partial charge >= 0.3 is 0 Å². The highest BCUT2D eigenvalue weighted by molar-refractivity contribution is 7.89. The van der Waals surface area contributed by atoms with Crippen molar-refractivity contribution in [3.05, 3.63) is 15.8 Å². The molecule has 7 heteroatoms. The number of sulfonamides is 1. The molecule has 5 nitrogen and oxygen atoms in total. The fourth-order valence-electron chi connectivity index (χ4n) is 1.67. The van der Waals surface area contributed by atoms with E-state index in [2.05, 4.69) is 10.0 Å². The maximum absolute atomic E-state index is 12.3. The first kappa shape index (κ1) is 16.6. The topological polar surface area (TPSA) is 67.4 Å². The minimum absolute atomic E-state index is 0.298. The van der Waals surface area contributed by atoms with Gasteiger partial charge in [0.05, 0.1) is 6.61 Å². The highest BCUT2D eigenvalue weighted by Gasteiger charge is 2.22. The Hall–Kier alpha value is -0.470. The number of hydrogen-bond donors (Lipinski definition) is 2. The van der Waals surface area contributed by atoms with Gasteiger partial charge < -0.3 is 10.1 Å². The third-order valence-electron chi connectivity index (χ3n) is 2.54. The van der Waals surface area contributed by atoms with Crippen molar-refractivity contribution in [2.75, 3.05) is 26.3 Å². The molecule has 2 N–H and O–H groups in total. The van der Waals surface area contributed by atoms with E-state index in [9.17, 15) is 8.42 Å². The van der Waals surface area contributed by atoms with Gasteiger partial charge in [0.1, 0.15) is 4.90 Å². The molecule has 0 aliphatic rings. The first-order valence-corrected chi connectivity index (χ1v) is 8.74. The van der Waals surface area contributed by atoms with E-state index in [0.717, 1.165) is 17.0 Å². The molecule has 110 valence electrons. The van der Waals surface area contributed by atoms with E-state index in [-0.39, 0.29) is 0 Å². The van der Waals surface area contributed by atoms with Crippen LogP contribution in [0.25, 0.3) is 0 Å². The maximum Gasteiger partial charge on any atom is 0.242 e. The second-order valence-corrected chi connectivity index (χ2v) is 6.71. The van der Waals surface area contributed by atoms with Crippen LogP contribution in [0.1, 0.15) is 24.3 Å². The predicted octanol–water partition coefficient (Wildman–Crippen LogP) is 1.48. The number of aryl methyl sites for hydroxylation is 1. The van der Waals surface area contributed by atoms with E-state index in [1.165, 1.54) is 11.3 Å². The smallest absolute Gasteiger partial charge is 0.242 e. The lowest BCUT2D eigenvalue weighted by molar-refractivity contribution is 0.153. The average molecular weight is 306 g/mol. The molecule has 0 radical (unpaired) electrons. The standard InChI is InChI=1S/C12H22N2O3S2/c1-4-13-8-11-12(10(3)9-18-11)19(15,16)14-6-7-17-5-2/h9,13-14H,4-8H2,1-3H3. The molecule has 0 atom stereocenters. The Bertz CT molecular complexity index is 483. The quantitative estimate of drug-likeness (QED) is 0.678. The highest BCUT2D eigenvalue weighted by atomic mass is 32.2. The summed E-state index contributed by atoms with van der Waals surface area (Å²) in [5.74, 6) is 0. The van der Waals surface area contributed by atoms with Crippen LogP contribution in [0.2, 0.25) is 0 Å². The Kier molecular flexibility index (Phi) is 6.95. The van der Waals surface area contributed by atoms with Crippen LogP contribution in [-0.4, -0.2) is 34.7 Å². The van der Waals surface area contributed by atoms with E-state index in [1.54, 1.807) is 0 Å². The van der Waals surface area contributed by atoms with E-state index >= 15 is 0 Å². The Morgan fingerprint density at radius 3 is 2.74 bits per heavy atom. The molecule has 1 heterocycles. The van der Waals surface area contributed by atoms with Gasteiger partial charge in [0.25, 0.3) is 0 Å². The van der Waals surface area contributed by atoms with Gasteiger partial charge in [-0.3, -0.25) is 0 Å². The predicted molar refractivity (Wildman–Crippen MR) is 78.1 cm³/mol. The monoisotopic (exact) mass is 306 g/mol. The summed E-state index contributed by atoms with van der Waals surface area (Å²) in [7, 11) is -3.45. The second-order valence-electron chi connectivity index (χ2n) is 4.05. The lowest BCUT2D eigenvalue weighted by atomic mass is 10.3. The van der Waals surface area contributed by atoms with Gasteiger partial charge in [0.15, 0.2) is 0 Å². The van der Waals surface area contributed by atoms with E-state index in [1.807, 2.05) is 26.2 Å². The lowest BCUT2D eigenvalue weighted by Crippen LogP contribution is -2.28. The van der Waals surface area contributed by atoms with Crippen LogP contribution in [0.4, 0.5) is 0 Å². The van der Waals surface area contributed by atoms with Crippen molar-refractivity contribution >= 4 is 21.4 Å². The van der Waals surface area contributed by atoms with Gasteiger partial charge in [-0.25, -0.2) is 13.1 Å². The Morgan fingerprint density at radius 1 is 1.37 bits per heavy atom. The zero-order chi connectivity index (χ0) is 14.3. The Balaban J connectivity index is 2.78. The minimum Gasteiger partial charge on any atom is -0.380 e. The third kappa shape index (κ3) is 4.85. The van der Waals surface area contributed by atoms with Crippen LogP contribution < -0.4 is 10.0 Å². The fourth-order valence-corrected chi connectivity index (χ4v) is 4.46. The number of thiophene rings is 1. The minimum atomic E-state index is -3.45. The second kappa shape index (κ2) is 7.96. The SMILES string of the molecule is CCNCc1scc(C)c1S(=O)(=O)NCCOCC. The number of ether oxygens (including phenoxy) is 1. The number of rotatable bonds is 9. The van der Waals surface area contributed by atoms with Gasteiger partial charge in [0, 0.05) is 24.6 Å². The molecule has 0 aliphatic carbocycles. The van der Waals surface area contributed by atoms with Gasteiger partial charge in [0.2, 0.25) is 10.0 Å². The molecule has 0 bridgehead atoms. The summed E-state index contributed by atoms with van der Waals surface area (Å²) in [6.45, 7) is 8.37. The first-order valence-electron chi connectivity index (χ1n) is 6.38. The summed E-state index contributed by atoms with van der Waals surface area (Å²) in [6.07, 6.45) is 0. The molecule has 0 fully saturated rings. The summed E-state index contributed by atoms with van der Waals surface area (Å²) in [6, 6.07) is 0. The average Bonchev–Trinajstić information content (AvgIpc) is 2.74. The molecule has 1 rings (SSSR count).